The second kappa shape index (κ2) is 7.00. The highest BCUT2D eigenvalue weighted by Gasteiger charge is 2.08. The first kappa shape index (κ1) is 15.9. The molecule has 0 aliphatic rings. The number of aryl methyl sites for hydroxylation is 2. The van der Waals surface area contributed by atoms with Gasteiger partial charge in [-0.25, -0.2) is 0 Å². The molecular weight excluding hydrogens is 348 g/mol. The Morgan fingerprint density at radius 3 is 2.67 bits per heavy atom. The zero-order chi connectivity index (χ0) is 15.4. The zero-order valence-electron chi connectivity index (χ0n) is 11.9. The Hall–Kier alpha value is -1.46. The SMILES string of the molecule is Cc1ccc(SCC(=O)Nc2ccc(N)cc2Br)c(C)c1. The number of carbonyl (C=O) groups excluding carboxylic acids is 1. The first-order valence-electron chi connectivity index (χ1n) is 6.50. The van der Waals surface area contributed by atoms with E-state index < -0.39 is 0 Å². The van der Waals surface area contributed by atoms with E-state index in [1.807, 2.05) is 0 Å². The number of amides is 1. The Balaban J connectivity index is 1.96. The molecule has 0 saturated carbocycles. The van der Waals surface area contributed by atoms with Crippen LogP contribution in [0.25, 0.3) is 0 Å². The molecule has 2 aromatic carbocycles. The van der Waals surface area contributed by atoms with Crippen molar-refractivity contribution < 1.29 is 4.79 Å². The second-order valence-corrected chi connectivity index (χ2v) is 6.72. The molecule has 0 aliphatic heterocycles. The van der Waals surface area contributed by atoms with Crippen LogP contribution in [-0.2, 0) is 4.79 Å². The van der Waals surface area contributed by atoms with Crippen LogP contribution in [0, 0.1) is 13.8 Å². The molecule has 0 aliphatic carbocycles. The van der Waals surface area contributed by atoms with Crippen molar-refractivity contribution in [2.75, 3.05) is 16.8 Å². The lowest BCUT2D eigenvalue weighted by atomic mass is 10.2. The van der Waals surface area contributed by atoms with Crippen LogP contribution in [-0.4, -0.2) is 11.7 Å². The first-order chi connectivity index (χ1) is 9.95. The van der Waals surface area contributed by atoms with E-state index in [1.54, 1.807) is 30.0 Å². The van der Waals surface area contributed by atoms with E-state index in [9.17, 15) is 4.79 Å². The predicted molar refractivity (Wildman–Crippen MR) is 93.8 cm³/mol. The van der Waals surface area contributed by atoms with Crippen LogP contribution in [0.3, 0.4) is 0 Å². The van der Waals surface area contributed by atoms with Crippen molar-refractivity contribution in [1.29, 1.82) is 0 Å². The van der Waals surface area contributed by atoms with Crippen molar-refractivity contribution in [1.82, 2.24) is 0 Å². The van der Waals surface area contributed by atoms with E-state index in [2.05, 4.69) is 53.3 Å². The predicted octanol–water partition coefficient (Wildman–Crippen LogP) is 4.38. The van der Waals surface area contributed by atoms with Gasteiger partial charge in [0, 0.05) is 15.1 Å². The zero-order valence-corrected chi connectivity index (χ0v) is 14.3. The van der Waals surface area contributed by atoms with Crippen LogP contribution in [0.5, 0.6) is 0 Å². The Bertz CT molecular complexity index is 673. The molecule has 0 bridgehead atoms. The molecule has 0 spiro atoms. The summed E-state index contributed by atoms with van der Waals surface area (Å²) < 4.78 is 0.785. The van der Waals surface area contributed by atoms with Gasteiger partial charge in [-0.05, 0) is 59.6 Å². The smallest absolute Gasteiger partial charge is 0.234 e. The molecule has 0 saturated heterocycles. The van der Waals surface area contributed by atoms with Crippen molar-refractivity contribution in [3.63, 3.8) is 0 Å². The molecule has 2 rings (SSSR count). The number of thioether (sulfide) groups is 1. The van der Waals surface area contributed by atoms with Gasteiger partial charge in [-0.15, -0.1) is 11.8 Å². The lowest BCUT2D eigenvalue weighted by molar-refractivity contribution is -0.113. The number of hydrogen-bond acceptors (Lipinski definition) is 3. The average molecular weight is 365 g/mol. The Labute approximate surface area is 137 Å². The second-order valence-electron chi connectivity index (χ2n) is 4.85. The Morgan fingerprint density at radius 1 is 1.24 bits per heavy atom. The molecule has 2 aromatic rings. The monoisotopic (exact) mass is 364 g/mol. The normalized spacial score (nSPS) is 10.4. The van der Waals surface area contributed by atoms with Crippen molar-refractivity contribution >= 4 is 45.0 Å². The van der Waals surface area contributed by atoms with Gasteiger partial charge in [-0.2, -0.15) is 0 Å². The highest BCUT2D eigenvalue weighted by atomic mass is 79.9. The summed E-state index contributed by atoms with van der Waals surface area (Å²) in [7, 11) is 0. The van der Waals surface area contributed by atoms with Crippen LogP contribution >= 0.6 is 27.7 Å². The Kier molecular flexibility index (Phi) is 5.31. The molecule has 21 heavy (non-hydrogen) atoms. The number of nitrogens with one attached hydrogen (secondary N) is 1. The molecular formula is C16H17BrN2OS. The van der Waals surface area contributed by atoms with E-state index >= 15 is 0 Å². The molecule has 0 radical (unpaired) electrons. The van der Waals surface area contributed by atoms with Gasteiger partial charge in [0.2, 0.25) is 5.91 Å². The minimum atomic E-state index is -0.0366. The largest absolute Gasteiger partial charge is 0.399 e. The van der Waals surface area contributed by atoms with Crippen molar-refractivity contribution in [3.8, 4) is 0 Å². The highest BCUT2D eigenvalue weighted by molar-refractivity contribution is 9.10. The van der Waals surface area contributed by atoms with E-state index in [-0.39, 0.29) is 5.91 Å². The maximum absolute atomic E-state index is 12.0. The summed E-state index contributed by atoms with van der Waals surface area (Å²) in [5.74, 6) is 0.339. The number of benzene rings is 2. The van der Waals surface area contributed by atoms with E-state index in [0.29, 0.717) is 11.4 Å². The molecule has 0 fully saturated rings. The number of rotatable bonds is 4. The van der Waals surface area contributed by atoms with Gasteiger partial charge in [0.15, 0.2) is 0 Å². The van der Waals surface area contributed by atoms with Gasteiger partial charge in [-0.3, -0.25) is 4.79 Å². The average Bonchev–Trinajstić information content (AvgIpc) is 2.41. The van der Waals surface area contributed by atoms with Crippen LogP contribution in [0.1, 0.15) is 11.1 Å². The third-order valence-electron chi connectivity index (χ3n) is 2.96. The Morgan fingerprint density at radius 2 is 2.00 bits per heavy atom. The molecule has 5 heteroatoms. The van der Waals surface area contributed by atoms with E-state index in [4.69, 9.17) is 5.73 Å². The molecule has 3 nitrogen and oxygen atoms in total. The van der Waals surface area contributed by atoms with Crippen molar-refractivity contribution in [2.24, 2.45) is 0 Å². The lowest BCUT2D eigenvalue weighted by Gasteiger charge is -2.09. The molecule has 110 valence electrons. The summed E-state index contributed by atoms with van der Waals surface area (Å²) in [5, 5.41) is 2.88. The van der Waals surface area contributed by atoms with Gasteiger partial charge >= 0.3 is 0 Å². The third-order valence-corrected chi connectivity index (χ3v) is 4.79. The van der Waals surface area contributed by atoms with Crippen LogP contribution in [0.4, 0.5) is 11.4 Å². The first-order valence-corrected chi connectivity index (χ1v) is 8.28. The fourth-order valence-corrected chi connectivity index (χ4v) is 3.23. The summed E-state index contributed by atoms with van der Waals surface area (Å²) >= 11 is 4.93. The maximum atomic E-state index is 12.0. The number of halogens is 1. The van der Waals surface area contributed by atoms with Crippen LogP contribution in [0.15, 0.2) is 45.8 Å². The summed E-state index contributed by atoms with van der Waals surface area (Å²) in [6.45, 7) is 4.12. The third kappa shape index (κ3) is 4.51. The maximum Gasteiger partial charge on any atom is 0.234 e. The van der Waals surface area contributed by atoms with Gasteiger partial charge in [-0.1, -0.05) is 17.7 Å². The van der Waals surface area contributed by atoms with Crippen LogP contribution < -0.4 is 11.1 Å². The highest BCUT2D eigenvalue weighted by Crippen LogP contribution is 2.26. The minimum absolute atomic E-state index is 0.0366. The van der Waals surface area contributed by atoms with Crippen molar-refractivity contribution in [2.45, 2.75) is 18.7 Å². The summed E-state index contributed by atoms with van der Waals surface area (Å²) in [6.07, 6.45) is 0. The fourth-order valence-electron chi connectivity index (χ4n) is 1.92. The lowest BCUT2D eigenvalue weighted by Crippen LogP contribution is -2.14. The molecule has 0 atom stereocenters. The number of anilines is 2. The molecule has 1 amide bonds. The molecule has 0 aromatic heterocycles. The molecule has 0 heterocycles. The topological polar surface area (TPSA) is 55.1 Å². The number of nitrogens with two attached hydrogens (primary N) is 1. The fraction of sp³-hybridized carbons (Fsp3) is 0.188. The number of carbonyl (C=O) groups is 1. The summed E-state index contributed by atoms with van der Waals surface area (Å²) in [5.41, 5.74) is 9.49. The quantitative estimate of drug-likeness (QED) is 0.625. The van der Waals surface area contributed by atoms with Crippen molar-refractivity contribution in [3.05, 3.63) is 52.0 Å². The van der Waals surface area contributed by atoms with Crippen LogP contribution in [0.2, 0.25) is 0 Å². The van der Waals surface area contributed by atoms with Gasteiger partial charge in [0.25, 0.3) is 0 Å². The van der Waals surface area contributed by atoms with E-state index in [0.717, 1.165) is 15.1 Å². The number of hydrogen-bond donors (Lipinski definition) is 2. The van der Waals surface area contributed by atoms with Gasteiger partial charge in [0.1, 0.15) is 0 Å². The number of nitrogen functional groups attached to an aromatic ring is 1. The summed E-state index contributed by atoms with van der Waals surface area (Å²) in [6, 6.07) is 11.6. The van der Waals surface area contributed by atoms with Gasteiger partial charge in [0.05, 0.1) is 11.4 Å². The minimum Gasteiger partial charge on any atom is -0.399 e. The molecule has 0 unspecified atom stereocenters. The summed E-state index contributed by atoms with van der Waals surface area (Å²) in [4.78, 5) is 13.1. The van der Waals surface area contributed by atoms with Gasteiger partial charge < -0.3 is 11.1 Å². The van der Waals surface area contributed by atoms with E-state index in [1.165, 1.54) is 11.1 Å². The molecule has 3 N–H and O–H groups in total. The standard InChI is InChI=1S/C16H17BrN2OS/c1-10-3-6-15(11(2)7-10)21-9-16(20)19-14-5-4-12(18)8-13(14)17/h3-8H,9,18H2,1-2H3,(H,19,20).